The quantitative estimate of drug-likeness (QED) is 0.876. The first-order valence-corrected chi connectivity index (χ1v) is 5.79. The summed E-state index contributed by atoms with van der Waals surface area (Å²) in [6, 6.07) is 9.83. The molecule has 0 atom stereocenters. The van der Waals surface area contributed by atoms with Gasteiger partial charge in [0.25, 0.3) is 0 Å². The van der Waals surface area contributed by atoms with Crippen LogP contribution in [0.25, 0.3) is 0 Å². The van der Waals surface area contributed by atoms with E-state index in [1.807, 2.05) is 12.1 Å². The fraction of sp³-hybridized carbons (Fsp3) is 0.143. The zero-order chi connectivity index (χ0) is 12.5. The molecule has 4 heteroatoms. The predicted octanol–water partition coefficient (Wildman–Crippen LogP) is 2.47. The first-order valence-electron chi connectivity index (χ1n) is 5.79. The van der Waals surface area contributed by atoms with Gasteiger partial charge in [-0.25, -0.2) is 4.79 Å². The summed E-state index contributed by atoms with van der Waals surface area (Å²) in [5.74, 6) is -0.947. The molecule has 1 aromatic heterocycles. The second-order valence-corrected chi connectivity index (χ2v) is 4.27. The standard InChI is InChI=1S/C14H12N2O2/c17-14(18)11-7-12(9-15-8-11)16-6-5-10-3-1-2-4-13(10)16/h1-4,7-9H,5-6H2,(H,17,18). The van der Waals surface area contributed by atoms with E-state index < -0.39 is 5.97 Å². The van der Waals surface area contributed by atoms with Crippen LogP contribution in [-0.2, 0) is 6.42 Å². The van der Waals surface area contributed by atoms with E-state index in [2.05, 4.69) is 22.0 Å². The summed E-state index contributed by atoms with van der Waals surface area (Å²) in [4.78, 5) is 17.1. The lowest BCUT2D eigenvalue weighted by Gasteiger charge is -2.19. The normalized spacial score (nSPS) is 13.4. The Morgan fingerprint density at radius 2 is 2.11 bits per heavy atom. The van der Waals surface area contributed by atoms with E-state index in [4.69, 9.17) is 5.11 Å². The molecule has 0 aliphatic carbocycles. The van der Waals surface area contributed by atoms with Crippen molar-refractivity contribution in [1.82, 2.24) is 4.98 Å². The summed E-state index contributed by atoms with van der Waals surface area (Å²) in [5.41, 5.74) is 3.48. The first kappa shape index (κ1) is 10.8. The minimum atomic E-state index is -0.947. The number of fused-ring (bicyclic) bond motifs is 1. The van der Waals surface area contributed by atoms with E-state index in [1.165, 1.54) is 11.8 Å². The van der Waals surface area contributed by atoms with E-state index >= 15 is 0 Å². The highest BCUT2D eigenvalue weighted by Gasteiger charge is 2.20. The van der Waals surface area contributed by atoms with Crippen molar-refractivity contribution < 1.29 is 9.90 Å². The lowest BCUT2D eigenvalue weighted by molar-refractivity contribution is 0.0696. The molecule has 1 aliphatic rings. The third kappa shape index (κ3) is 1.72. The van der Waals surface area contributed by atoms with E-state index in [9.17, 15) is 4.79 Å². The van der Waals surface area contributed by atoms with Crippen LogP contribution in [0.4, 0.5) is 11.4 Å². The van der Waals surface area contributed by atoms with Crippen LogP contribution in [0.5, 0.6) is 0 Å². The van der Waals surface area contributed by atoms with E-state index in [-0.39, 0.29) is 5.56 Å². The zero-order valence-electron chi connectivity index (χ0n) is 9.71. The highest BCUT2D eigenvalue weighted by atomic mass is 16.4. The Morgan fingerprint density at radius 3 is 2.94 bits per heavy atom. The molecule has 1 aliphatic heterocycles. The number of aromatic nitrogens is 1. The van der Waals surface area contributed by atoms with E-state index in [0.717, 1.165) is 24.3 Å². The molecule has 3 rings (SSSR count). The molecular formula is C14H12N2O2. The molecule has 4 nitrogen and oxygen atoms in total. The van der Waals surface area contributed by atoms with E-state index in [0.29, 0.717) is 0 Å². The third-order valence-electron chi connectivity index (χ3n) is 3.17. The molecule has 0 fully saturated rings. The molecule has 0 bridgehead atoms. The molecular weight excluding hydrogens is 228 g/mol. The van der Waals surface area contributed by atoms with Crippen molar-refractivity contribution in [2.45, 2.75) is 6.42 Å². The molecule has 0 saturated heterocycles. The number of carboxylic acid groups (broad SMARTS) is 1. The van der Waals surface area contributed by atoms with Gasteiger partial charge in [-0.05, 0) is 24.1 Å². The Hall–Kier alpha value is -2.36. The van der Waals surface area contributed by atoms with Crippen LogP contribution in [0.3, 0.4) is 0 Å². The van der Waals surface area contributed by atoms with Gasteiger partial charge in [-0.1, -0.05) is 18.2 Å². The number of rotatable bonds is 2. The number of benzene rings is 1. The average molecular weight is 240 g/mol. The van der Waals surface area contributed by atoms with Gasteiger partial charge in [0.15, 0.2) is 0 Å². The first-order chi connectivity index (χ1) is 8.75. The molecule has 0 unspecified atom stereocenters. The lowest BCUT2D eigenvalue weighted by Crippen LogP contribution is -2.14. The summed E-state index contributed by atoms with van der Waals surface area (Å²) in [5, 5.41) is 8.99. The summed E-state index contributed by atoms with van der Waals surface area (Å²) < 4.78 is 0. The fourth-order valence-corrected chi connectivity index (χ4v) is 2.30. The Morgan fingerprint density at radius 1 is 1.28 bits per heavy atom. The second-order valence-electron chi connectivity index (χ2n) is 4.27. The molecule has 18 heavy (non-hydrogen) atoms. The maximum Gasteiger partial charge on any atom is 0.337 e. The molecule has 0 saturated carbocycles. The van der Waals surface area contributed by atoms with Gasteiger partial charge < -0.3 is 10.0 Å². The summed E-state index contributed by atoms with van der Waals surface area (Å²) >= 11 is 0. The topological polar surface area (TPSA) is 53.4 Å². The van der Waals surface area contributed by atoms with Gasteiger partial charge in [-0.15, -0.1) is 0 Å². The van der Waals surface area contributed by atoms with Crippen LogP contribution < -0.4 is 4.90 Å². The summed E-state index contributed by atoms with van der Waals surface area (Å²) in [6.07, 6.45) is 4.05. The Balaban J connectivity index is 2.02. The molecule has 2 aromatic rings. The Bertz CT molecular complexity index is 610. The van der Waals surface area contributed by atoms with Crippen molar-refractivity contribution in [3.8, 4) is 0 Å². The minimum Gasteiger partial charge on any atom is -0.478 e. The maximum absolute atomic E-state index is 11.0. The number of hydrogen-bond acceptors (Lipinski definition) is 3. The zero-order valence-corrected chi connectivity index (χ0v) is 9.71. The largest absolute Gasteiger partial charge is 0.478 e. The SMILES string of the molecule is O=C(O)c1cncc(N2CCc3ccccc32)c1. The number of nitrogens with zero attached hydrogens (tertiary/aromatic N) is 2. The molecule has 0 radical (unpaired) electrons. The van der Waals surface area contributed by atoms with Gasteiger partial charge in [0.2, 0.25) is 0 Å². The molecule has 1 N–H and O–H groups in total. The monoisotopic (exact) mass is 240 g/mol. The van der Waals surface area contributed by atoms with Crippen LogP contribution in [0.2, 0.25) is 0 Å². The van der Waals surface area contributed by atoms with E-state index in [1.54, 1.807) is 12.3 Å². The van der Waals surface area contributed by atoms with Crippen molar-refractivity contribution in [2.24, 2.45) is 0 Å². The number of carboxylic acids is 1. The number of carbonyl (C=O) groups is 1. The van der Waals surface area contributed by atoms with Gasteiger partial charge >= 0.3 is 5.97 Å². The number of hydrogen-bond donors (Lipinski definition) is 1. The Kier molecular flexibility index (Phi) is 2.48. The van der Waals surface area contributed by atoms with Crippen LogP contribution in [0.15, 0.2) is 42.7 Å². The third-order valence-corrected chi connectivity index (χ3v) is 3.17. The van der Waals surface area contributed by atoms with Crippen LogP contribution in [-0.4, -0.2) is 22.6 Å². The van der Waals surface area contributed by atoms with Crippen LogP contribution >= 0.6 is 0 Å². The van der Waals surface area contributed by atoms with Crippen molar-refractivity contribution in [1.29, 1.82) is 0 Å². The maximum atomic E-state index is 11.0. The van der Waals surface area contributed by atoms with Crippen molar-refractivity contribution in [2.75, 3.05) is 11.4 Å². The number of para-hydroxylation sites is 1. The lowest BCUT2D eigenvalue weighted by atomic mass is 10.2. The smallest absolute Gasteiger partial charge is 0.337 e. The summed E-state index contributed by atoms with van der Waals surface area (Å²) in [6.45, 7) is 0.865. The Labute approximate surface area is 105 Å². The highest BCUT2D eigenvalue weighted by Crippen LogP contribution is 2.33. The average Bonchev–Trinajstić information content (AvgIpc) is 2.82. The van der Waals surface area contributed by atoms with Gasteiger partial charge in [-0.2, -0.15) is 0 Å². The number of anilines is 2. The molecule has 1 aromatic carbocycles. The number of aromatic carboxylic acids is 1. The molecule has 90 valence electrons. The molecule has 0 spiro atoms. The molecule has 2 heterocycles. The second kappa shape index (κ2) is 4.14. The number of pyridine rings is 1. The van der Waals surface area contributed by atoms with Gasteiger partial charge in [0, 0.05) is 18.4 Å². The molecule has 0 amide bonds. The van der Waals surface area contributed by atoms with Crippen LogP contribution in [0.1, 0.15) is 15.9 Å². The predicted molar refractivity (Wildman–Crippen MR) is 68.3 cm³/mol. The van der Waals surface area contributed by atoms with Crippen molar-refractivity contribution in [3.05, 3.63) is 53.9 Å². The van der Waals surface area contributed by atoms with Crippen molar-refractivity contribution in [3.63, 3.8) is 0 Å². The minimum absolute atomic E-state index is 0.219. The summed E-state index contributed by atoms with van der Waals surface area (Å²) in [7, 11) is 0. The van der Waals surface area contributed by atoms with Gasteiger partial charge in [0.05, 0.1) is 17.4 Å². The van der Waals surface area contributed by atoms with Gasteiger partial charge in [0.1, 0.15) is 0 Å². The van der Waals surface area contributed by atoms with Gasteiger partial charge in [-0.3, -0.25) is 4.98 Å². The fourth-order valence-electron chi connectivity index (χ4n) is 2.30. The highest BCUT2D eigenvalue weighted by molar-refractivity contribution is 5.88. The van der Waals surface area contributed by atoms with Crippen molar-refractivity contribution >= 4 is 17.3 Å². The van der Waals surface area contributed by atoms with Crippen LogP contribution in [0, 0.1) is 0 Å².